The number of imidazole rings is 1. The third-order valence-corrected chi connectivity index (χ3v) is 4.30. The van der Waals surface area contributed by atoms with E-state index >= 15 is 0 Å². The van der Waals surface area contributed by atoms with E-state index < -0.39 is 0 Å². The first-order valence-corrected chi connectivity index (χ1v) is 9.94. The lowest BCUT2D eigenvalue weighted by atomic mass is 10.3. The van der Waals surface area contributed by atoms with E-state index in [0.29, 0.717) is 13.1 Å². The molecule has 8 nitrogen and oxygen atoms in total. The molecule has 9 heteroatoms. The summed E-state index contributed by atoms with van der Waals surface area (Å²) >= 11 is 0. The van der Waals surface area contributed by atoms with Gasteiger partial charge in [-0.15, -0.1) is 24.0 Å². The largest absolute Gasteiger partial charge is 0.493 e. The van der Waals surface area contributed by atoms with Crippen molar-refractivity contribution in [3.8, 4) is 17.3 Å². The van der Waals surface area contributed by atoms with E-state index in [2.05, 4.69) is 25.6 Å². The predicted octanol–water partition coefficient (Wildman–Crippen LogP) is 3.42. The van der Waals surface area contributed by atoms with Crippen LogP contribution in [0.3, 0.4) is 0 Å². The van der Waals surface area contributed by atoms with Crippen molar-refractivity contribution in [1.82, 2.24) is 25.2 Å². The highest BCUT2D eigenvalue weighted by molar-refractivity contribution is 14.0. The van der Waals surface area contributed by atoms with Gasteiger partial charge in [-0.2, -0.15) is 0 Å². The molecule has 0 saturated heterocycles. The highest BCUT2D eigenvalue weighted by atomic mass is 127. The zero-order chi connectivity index (χ0) is 21.2. The molecule has 3 rings (SSSR count). The van der Waals surface area contributed by atoms with Gasteiger partial charge in [-0.3, -0.25) is 4.57 Å². The predicted molar refractivity (Wildman–Crippen MR) is 133 cm³/mol. The normalized spacial score (nSPS) is 11.9. The number of aliphatic imine (C=N–C) groups is 1. The zero-order valence-corrected chi connectivity index (χ0v) is 20.3. The Balaban J connectivity index is 0.00000341. The molecular formula is C22H29IN6O2. The van der Waals surface area contributed by atoms with Gasteiger partial charge in [-0.05, 0) is 37.6 Å². The number of pyridine rings is 1. The number of nitrogens with one attached hydrogen (secondary N) is 2. The van der Waals surface area contributed by atoms with Gasteiger partial charge in [0.15, 0.2) is 17.5 Å². The summed E-state index contributed by atoms with van der Waals surface area (Å²) < 4.78 is 13.2. The fourth-order valence-electron chi connectivity index (χ4n) is 2.78. The maximum absolute atomic E-state index is 5.99. The van der Waals surface area contributed by atoms with Crippen molar-refractivity contribution in [2.75, 3.05) is 20.2 Å². The van der Waals surface area contributed by atoms with Gasteiger partial charge in [0.2, 0.25) is 0 Å². The lowest BCUT2D eigenvalue weighted by Gasteiger charge is -2.19. The molecule has 1 atom stereocenters. The Morgan fingerprint density at radius 2 is 1.97 bits per heavy atom. The molecular weight excluding hydrogens is 507 g/mol. The maximum atomic E-state index is 5.99. The number of halogens is 1. The highest BCUT2D eigenvalue weighted by Gasteiger charge is 2.09. The van der Waals surface area contributed by atoms with Crippen LogP contribution < -0.4 is 20.1 Å². The zero-order valence-electron chi connectivity index (χ0n) is 18.0. The summed E-state index contributed by atoms with van der Waals surface area (Å²) in [5.41, 5.74) is 1.02. The monoisotopic (exact) mass is 536 g/mol. The molecule has 0 aliphatic heterocycles. The fourth-order valence-corrected chi connectivity index (χ4v) is 2.78. The van der Waals surface area contributed by atoms with E-state index in [9.17, 15) is 0 Å². The van der Waals surface area contributed by atoms with Crippen LogP contribution in [-0.2, 0) is 6.54 Å². The number of nitrogens with zero attached hydrogens (tertiary/aromatic N) is 4. The maximum Gasteiger partial charge on any atom is 0.191 e. The third-order valence-electron chi connectivity index (χ3n) is 4.30. The van der Waals surface area contributed by atoms with E-state index in [4.69, 9.17) is 9.47 Å². The second-order valence-electron chi connectivity index (χ2n) is 6.65. The molecule has 0 amide bonds. The third kappa shape index (κ3) is 7.42. The summed E-state index contributed by atoms with van der Waals surface area (Å²) in [7, 11) is 1.64. The van der Waals surface area contributed by atoms with E-state index in [1.54, 1.807) is 19.6 Å². The first kappa shape index (κ1) is 24.4. The van der Waals surface area contributed by atoms with Gasteiger partial charge < -0.3 is 20.1 Å². The molecule has 0 bridgehead atoms. The van der Waals surface area contributed by atoms with Crippen LogP contribution in [0.1, 0.15) is 19.4 Å². The van der Waals surface area contributed by atoms with Crippen LogP contribution >= 0.6 is 24.0 Å². The molecule has 1 aromatic carbocycles. The van der Waals surface area contributed by atoms with E-state index in [1.165, 1.54) is 0 Å². The molecule has 2 aromatic heterocycles. The quantitative estimate of drug-likeness (QED) is 0.248. The van der Waals surface area contributed by atoms with Crippen LogP contribution in [0, 0.1) is 0 Å². The van der Waals surface area contributed by atoms with Gasteiger partial charge in [0.1, 0.15) is 18.2 Å². The number of hydrogen-bond donors (Lipinski definition) is 2. The van der Waals surface area contributed by atoms with Gasteiger partial charge in [0, 0.05) is 25.1 Å². The average Bonchev–Trinajstić information content (AvgIpc) is 3.31. The molecule has 31 heavy (non-hydrogen) atoms. The number of para-hydroxylation sites is 2. The van der Waals surface area contributed by atoms with Gasteiger partial charge in [0.05, 0.1) is 20.2 Å². The Morgan fingerprint density at radius 1 is 1.16 bits per heavy atom. The van der Waals surface area contributed by atoms with E-state index in [1.807, 2.05) is 67.2 Å². The van der Waals surface area contributed by atoms with Gasteiger partial charge in [-0.25, -0.2) is 15.0 Å². The molecule has 0 fully saturated rings. The summed E-state index contributed by atoms with van der Waals surface area (Å²) in [6.07, 6.45) is 7.08. The fraction of sp³-hybridized carbons (Fsp3) is 0.318. The minimum Gasteiger partial charge on any atom is -0.493 e. The summed E-state index contributed by atoms with van der Waals surface area (Å²) in [4.78, 5) is 13.1. The molecule has 166 valence electrons. The Hall–Kier alpha value is -2.82. The van der Waals surface area contributed by atoms with Crippen molar-refractivity contribution in [2.24, 2.45) is 4.99 Å². The SMILES string of the molecule is CCNC(=NCc1ccc(-n2ccnc2)nc1)NCC(C)Oc1ccccc1OC.I. The summed E-state index contributed by atoms with van der Waals surface area (Å²) in [6, 6.07) is 11.6. The van der Waals surface area contributed by atoms with Gasteiger partial charge >= 0.3 is 0 Å². The number of benzene rings is 1. The summed E-state index contributed by atoms with van der Waals surface area (Å²) in [5.74, 6) is 3.00. The van der Waals surface area contributed by atoms with Crippen molar-refractivity contribution in [2.45, 2.75) is 26.5 Å². The molecule has 2 N–H and O–H groups in total. The minimum absolute atomic E-state index is 0. The Morgan fingerprint density at radius 3 is 2.61 bits per heavy atom. The minimum atomic E-state index is -0.0683. The molecule has 0 saturated carbocycles. The first-order chi connectivity index (χ1) is 14.7. The second-order valence-corrected chi connectivity index (χ2v) is 6.65. The Labute approximate surface area is 200 Å². The molecule has 0 aliphatic rings. The van der Waals surface area contributed by atoms with Gasteiger partial charge in [-0.1, -0.05) is 18.2 Å². The molecule has 0 radical (unpaired) electrons. The number of hydrogen-bond acceptors (Lipinski definition) is 5. The van der Waals surface area contributed by atoms with Crippen LogP contribution in [0.5, 0.6) is 11.5 Å². The molecule has 3 aromatic rings. The highest BCUT2D eigenvalue weighted by Crippen LogP contribution is 2.26. The Kier molecular flexibility index (Phi) is 10.1. The van der Waals surface area contributed by atoms with Crippen molar-refractivity contribution < 1.29 is 9.47 Å². The molecule has 1 unspecified atom stereocenters. The summed E-state index contributed by atoms with van der Waals surface area (Å²) in [5, 5.41) is 6.58. The molecule has 0 spiro atoms. The average molecular weight is 536 g/mol. The number of methoxy groups -OCH3 is 1. The number of guanidine groups is 1. The van der Waals surface area contributed by atoms with Crippen LogP contribution in [0.25, 0.3) is 5.82 Å². The van der Waals surface area contributed by atoms with E-state index in [0.717, 1.165) is 35.4 Å². The lowest BCUT2D eigenvalue weighted by Crippen LogP contribution is -2.41. The number of aromatic nitrogens is 3. The van der Waals surface area contributed by atoms with Gasteiger partial charge in [0.25, 0.3) is 0 Å². The topological polar surface area (TPSA) is 85.6 Å². The van der Waals surface area contributed by atoms with Crippen molar-refractivity contribution in [1.29, 1.82) is 0 Å². The first-order valence-electron chi connectivity index (χ1n) is 9.94. The standard InChI is InChI=1S/C22H28N6O2.HI/c1-4-24-22(26-13-17(2)30-20-8-6-5-7-19(20)29-3)27-15-18-9-10-21(25-14-18)28-12-11-23-16-28;/h5-12,14,16-17H,4,13,15H2,1-3H3,(H2,24,26,27);1H. The van der Waals surface area contributed by atoms with Crippen LogP contribution in [0.4, 0.5) is 0 Å². The Bertz CT molecular complexity index is 931. The summed E-state index contributed by atoms with van der Waals surface area (Å²) in [6.45, 7) is 5.93. The van der Waals surface area contributed by atoms with Crippen LogP contribution in [0.2, 0.25) is 0 Å². The second kappa shape index (κ2) is 12.8. The van der Waals surface area contributed by atoms with Crippen molar-refractivity contribution >= 4 is 29.9 Å². The lowest BCUT2D eigenvalue weighted by molar-refractivity contribution is 0.213. The smallest absolute Gasteiger partial charge is 0.191 e. The molecule has 2 heterocycles. The van der Waals surface area contributed by atoms with E-state index in [-0.39, 0.29) is 30.1 Å². The van der Waals surface area contributed by atoms with Crippen molar-refractivity contribution in [3.05, 3.63) is 66.9 Å². The molecule has 0 aliphatic carbocycles. The van der Waals surface area contributed by atoms with Crippen molar-refractivity contribution in [3.63, 3.8) is 0 Å². The van der Waals surface area contributed by atoms with Crippen LogP contribution in [-0.4, -0.2) is 46.8 Å². The van der Waals surface area contributed by atoms with Crippen LogP contribution in [0.15, 0.2) is 66.3 Å². The number of ether oxygens (including phenoxy) is 2. The number of rotatable bonds is 9.